The molecule has 0 saturated heterocycles. The third kappa shape index (κ3) is 9.66. The van der Waals surface area contributed by atoms with Gasteiger partial charge in [0.15, 0.2) is 5.75 Å². The molecule has 5 nitrogen and oxygen atoms in total. The molecule has 0 aliphatic rings. The van der Waals surface area contributed by atoms with Crippen LogP contribution in [0.4, 0.5) is 0 Å². The predicted molar refractivity (Wildman–Crippen MR) is 140 cm³/mol. The Morgan fingerprint density at radius 1 is 0.971 bits per heavy atom. The number of fused-ring (bicyclic) bond motifs is 1. The molecule has 2 rings (SSSR count). The van der Waals surface area contributed by atoms with Gasteiger partial charge in [-0.15, -0.1) is 0 Å². The molecule has 0 aliphatic carbocycles. The summed E-state index contributed by atoms with van der Waals surface area (Å²) in [5.74, 6) is 0.287. The Morgan fingerprint density at radius 3 is 2.38 bits per heavy atom. The summed E-state index contributed by atoms with van der Waals surface area (Å²) >= 11 is 0. The Labute approximate surface area is 204 Å². The van der Waals surface area contributed by atoms with Crippen molar-refractivity contribution in [2.75, 3.05) is 13.2 Å². The molecule has 0 saturated carbocycles. The maximum atomic E-state index is 12.1. The quantitative estimate of drug-likeness (QED) is 0.152. The molecule has 0 unspecified atom stereocenters. The van der Waals surface area contributed by atoms with E-state index in [-0.39, 0.29) is 12.4 Å². The van der Waals surface area contributed by atoms with Gasteiger partial charge in [0.1, 0.15) is 17.9 Å². The molecule has 1 aromatic heterocycles. The van der Waals surface area contributed by atoms with E-state index in [1.807, 2.05) is 12.1 Å². The second-order valence-electron chi connectivity index (χ2n) is 9.23. The SMILES string of the molecule is CCCCCCCCCCOc1ccc2c(OC/C=C(\C)CCC=C(C)C)c(O)c(=O)oc2c1. The van der Waals surface area contributed by atoms with Crippen molar-refractivity contribution in [1.29, 1.82) is 0 Å². The molecular weight excluding hydrogens is 428 g/mol. The average Bonchev–Trinajstić information content (AvgIpc) is 2.80. The van der Waals surface area contributed by atoms with E-state index in [1.165, 1.54) is 49.7 Å². The van der Waals surface area contributed by atoms with Crippen LogP contribution in [-0.2, 0) is 0 Å². The smallest absolute Gasteiger partial charge is 0.382 e. The van der Waals surface area contributed by atoms with Gasteiger partial charge in [-0.25, -0.2) is 4.79 Å². The Hall–Kier alpha value is -2.69. The lowest BCUT2D eigenvalue weighted by molar-refractivity contribution is 0.303. The molecule has 0 fully saturated rings. The Morgan fingerprint density at radius 2 is 1.68 bits per heavy atom. The number of ether oxygens (including phenoxy) is 2. The summed E-state index contributed by atoms with van der Waals surface area (Å²) < 4.78 is 16.9. The van der Waals surface area contributed by atoms with E-state index >= 15 is 0 Å². The molecular formula is C29H42O5. The van der Waals surface area contributed by atoms with Crippen LogP contribution >= 0.6 is 0 Å². The highest BCUT2D eigenvalue weighted by Crippen LogP contribution is 2.34. The standard InChI is InChI=1S/C29H42O5/c1-5-6-7-8-9-10-11-12-19-32-24-16-17-25-26(21-24)34-29(31)27(30)28(25)33-20-18-23(4)15-13-14-22(2)3/h14,16-18,21,30H,5-13,15,19-20H2,1-4H3/b23-18+. The Bertz CT molecular complexity index is 995. The number of benzene rings is 1. The fraction of sp³-hybridized carbons (Fsp3) is 0.552. The van der Waals surface area contributed by atoms with Crippen molar-refractivity contribution < 1.29 is 19.0 Å². The van der Waals surface area contributed by atoms with Gasteiger partial charge in [-0.05, 0) is 58.2 Å². The fourth-order valence-corrected chi connectivity index (χ4v) is 3.76. The number of aromatic hydroxyl groups is 1. The third-order valence-corrected chi connectivity index (χ3v) is 5.83. The summed E-state index contributed by atoms with van der Waals surface area (Å²) in [5, 5.41) is 10.8. The van der Waals surface area contributed by atoms with Crippen LogP contribution in [0, 0.1) is 0 Å². The lowest BCUT2D eigenvalue weighted by Gasteiger charge is -2.11. The molecule has 0 spiro atoms. The zero-order valence-electron chi connectivity index (χ0n) is 21.5. The number of hydrogen-bond acceptors (Lipinski definition) is 5. The number of allylic oxidation sites excluding steroid dienone is 3. The zero-order chi connectivity index (χ0) is 24.8. The van der Waals surface area contributed by atoms with Crippen LogP contribution in [0.25, 0.3) is 11.0 Å². The van der Waals surface area contributed by atoms with E-state index in [0.717, 1.165) is 25.7 Å². The van der Waals surface area contributed by atoms with Gasteiger partial charge >= 0.3 is 5.63 Å². The maximum absolute atomic E-state index is 12.1. The summed E-state index contributed by atoms with van der Waals surface area (Å²) in [6, 6.07) is 5.27. The van der Waals surface area contributed by atoms with Crippen LogP contribution in [0.2, 0.25) is 0 Å². The molecule has 5 heteroatoms. The first kappa shape index (κ1) is 27.6. The van der Waals surface area contributed by atoms with Gasteiger partial charge in [-0.2, -0.15) is 0 Å². The Balaban J connectivity index is 1.91. The molecule has 34 heavy (non-hydrogen) atoms. The molecule has 1 N–H and O–H groups in total. The molecule has 0 bridgehead atoms. The first-order valence-electron chi connectivity index (χ1n) is 12.8. The molecule has 188 valence electrons. The van der Waals surface area contributed by atoms with Crippen molar-refractivity contribution in [3.05, 3.63) is 51.9 Å². The minimum Gasteiger partial charge on any atom is -0.499 e. The van der Waals surface area contributed by atoms with Crippen molar-refractivity contribution in [3.8, 4) is 17.2 Å². The zero-order valence-corrected chi connectivity index (χ0v) is 21.5. The van der Waals surface area contributed by atoms with Gasteiger partial charge in [0.25, 0.3) is 0 Å². The van der Waals surface area contributed by atoms with Gasteiger partial charge in [0.05, 0.1) is 12.0 Å². The molecule has 0 amide bonds. The van der Waals surface area contributed by atoms with Gasteiger partial charge in [-0.3, -0.25) is 0 Å². The van der Waals surface area contributed by atoms with Crippen LogP contribution in [0.3, 0.4) is 0 Å². The summed E-state index contributed by atoms with van der Waals surface area (Å²) in [6.45, 7) is 9.36. The highest BCUT2D eigenvalue weighted by atomic mass is 16.5. The number of unbranched alkanes of at least 4 members (excludes halogenated alkanes) is 7. The van der Waals surface area contributed by atoms with E-state index in [1.54, 1.807) is 12.1 Å². The highest BCUT2D eigenvalue weighted by Gasteiger charge is 2.15. The molecule has 0 radical (unpaired) electrons. The van der Waals surface area contributed by atoms with E-state index in [2.05, 4.69) is 33.8 Å². The normalized spacial score (nSPS) is 11.6. The number of hydrogen-bond donors (Lipinski definition) is 1. The lowest BCUT2D eigenvalue weighted by Crippen LogP contribution is -2.04. The monoisotopic (exact) mass is 470 g/mol. The van der Waals surface area contributed by atoms with Crippen molar-refractivity contribution >= 4 is 11.0 Å². The van der Waals surface area contributed by atoms with Gasteiger partial charge in [0.2, 0.25) is 5.75 Å². The molecule has 2 aromatic rings. The molecule has 1 heterocycles. The van der Waals surface area contributed by atoms with Crippen molar-refractivity contribution in [1.82, 2.24) is 0 Å². The van der Waals surface area contributed by atoms with Gasteiger partial charge in [0, 0.05) is 6.07 Å². The first-order chi connectivity index (χ1) is 16.4. The second kappa shape index (κ2) is 15.3. The highest BCUT2D eigenvalue weighted by molar-refractivity contribution is 5.86. The van der Waals surface area contributed by atoms with E-state index in [9.17, 15) is 9.90 Å². The van der Waals surface area contributed by atoms with Crippen molar-refractivity contribution in [2.45, 2.75) is 91.9 Å². The minimum atomic E-state index is -0.813. The molecule has 0 atom stereocenters. The average molecular weight is 471 g/mol. The fourth-order valence-electron chi connectivity index (χ4n) is 3.76. The number of rotatable bonds is 16. The third-order valence-electron chi connectivity index (χ3n) is 5.83. The van der Waals surface area contributed by atoms with Gasteiger partial charge in [-0.1, -0.05) is 69.1 Å². The summed E-state index contributed by atoms with van der Waals surface area (Å²) in [7, 11) is 0. The molecule has 1 aromatic carbocycles. The van der Waals surface area contributed by atoms with Crippen LogP contribution < -0.4 is 15.1 Å². The van der Waals surface area contributed by atoms with Crippen LogP contribution in [-0.4, -0.2) is 18.3 Å². The summed E-state index contributed by atoms with van der Waals surface area (Å²) in [6.07, 6.45) is 16.0. The van der Waals surface area contributed by atoms with Crippen molar-refractivity contribution in [3.63, 3.8) is 0 Å². The van der Waals surface area contributed by atoms with E-state index in [0.29, 0.717) is 23.3 Å². The largest absolute Gasteiger partial charge is 0.499 e. The summed E-state index contributed by atoms with van der Waals surface area (Å²) in [5.41, 5.74) is 2.03. The van der Waals surface area contributed by atoms with Crippen LogP contribution in [0.5, 0.6) is 17.2 Å². The van der Waals surface area contributed by atoms with Crippen molar-refractivity contribution in [2.24, 2.45) is 0 Å². The Kier molecular flexibility index (Phi) is 12.4. The summed E-state index contributed by atoms with van der Waals surface area (Å²) in [4.78, 5) is 12.1. The van der Waals surface area contributed by atoms with Crippen LogP contribution in [0.1, 0.15) is 91.9 Å². The minimum absolute atomic E-state index is 0.147. The maximum Gasteiger partial charge on any atom is 0.382 e. The van der Waals surface area contributed by atoms with E-state index in [4.69, 9.17) is 13.9 Å². The topological polar surface area (TPSA) is 68.9 Å². The first-order valence-corrected chi connectivity index (χ1v) is 12.8. The lowest BCUT2D eigenvalue weighted by atomic mass is 10.1. The van der Waals surface area contributed by atoms with Crippen LogP contribution in [0.15, 0.2) is 50.7 Å². The van der Waals surface area contributed by atoms with E-state index < -0.39 is 11.4 Å². The molecule has 0 aliphatic heterocycles. The predicted octanol–water partition coefficient (Wildman–Crippen LogP) is 8.09. The van der Waals surface area contributed by atoms with Gasteiger partial charge < -0.3 is 19.0 Å². The second-order valence-corrected chi connectivity index (χ2v) is 9.23.